The van der Waals surface area contributed by atoms with E-state index in [0.29, 0.717) is 0 Å². The van der Waals surface area contributed by atoms with Crippen molar-refractivity contribution in [3.63, 3.8) is 0 Å². The highest BCUT2D eigenvalue weighted by Crippen LogP contribution is 2.27. The summed E-state index contributed by atoms with van der Waals surface area (Å²) in [6.07, 6.45) is 9.60. The zero-order valence-corrected chi connectivity index (χ0v) is 9.42. The Kier molecular flexibility index (Phi) is 6.05. The van der Waals surface area contributed by atoms with Crippen LogP contribution in [-0.2, 0) is 0 Å². The van der Waals surface area contributed by atoms with E-state index in [2.05, 4.69) is 18.4 Å². The van der Waals surface area contributed by atoms with E-state index >= 15 is 0 Å². The van der Waals surface area contributed by atoms with Gasteiger partial charge in [-0.25, -0.2) is 0 Å². The Hall–Kier alpha value is 0.440. The lowest BCUT2D eigenvalue weighted by Gasteiger charge is -2.15. The molecule has 1 aliphatic carbocycles. The van der Waals surface area contributed by atoms with Gasteiger partial charge in [-0.05, 0) is 11.3 Å². The van der Waals surface area contributed by atoms with Gasteiger partial charge in [0.15, 0.2) is 0 Å². The maximum absolute atomic E-state index is 2.36. The van der Waals surface area contributed by atoms with E-state index in [1.807, 2.05) is 21.6 Å². The van der Waals surface area contributed by atoms with Gasteiger partial charge in [-0.15, -0.1) is 0 Å². The van der Waals surface area contributed by atoms with E-state index in [0.717, 1.165) is 5.92 Å². The molecular weight excluding hydrogens is 184 g/mol. The molecule has 2 aliphatic rings. The molecule has 1 fully saturated rings. The summed E-state index contributed by atoms with van der Waals surface area (Å²) in [7, 11) is 3.69. The van der Waals surface area contributed by atoms with Crippen LogP contribution < -0.4 is 0 Å². The molecule has 0 saturated heterocycles. The second kappa shape index (κ2) is 6.90. The third-order valence-corrected chi connectivity index (χ3v) is 4.20. The van der Waals surface area contributed by atoms with Crippen LogP contribution in [0, 0.1) is 5.92 Å². The van der Waals surface area contributed by atoms with Crippen LogP contribution in [0.4, 0.5) is 0 Å². The van der Waals surface area contributed by atoms with Gasteiger partial charge < -0.3 is 0 Å². The van der Waals surface area contributed by atoms with Crippen molar-refractivity contribution in [2.75, 3.05) is 5.75 Å². The fraction of sp³-hybridized carbons (Fsp3) is 0.800. The monoisotopic (exact) mass is 202 g/mol. The molecule has 0 amide bonds. The average Bonchev–Trinajstić information content (AvgIpc) is 2.62. The molecule has 0 N–H and O–H groups in total. The van der Waals surface area contributed by atoms with Gasteiger partial charge in [0.05, 0.1) is 0 Å². The molecule has 2 heteroatoms. The van der Waals surface area contributed by atoms with Crippen molar-refractivity contribution >= 4 is 21.6 Å². The van der Waals surface area contributed by atoms with Crippen LogP contribution in [-0.4, -0.2) is 5.75 Å². The first-order valence-corrected chi connectivity index (χ1v) is 7.21. The normalized spacial score (nSPS) is 23.4. The second-order valence-corrected chi connectivity index (χ2v) is 5.81. The molecule has 70 valence electrons. The van der Waals surface area contributed by atoms with Crippen molar-refractivity contribution < 1.29 is 0 Å². The molecule has 0 spiro atoms. The molecule has 1 saturated carbocycles. The van der Waals surface area contributed by atoms with E-state index in [-0.39, 0.29) is 0 Å². The molecule has 1 aliphatic heterocycles. The van der Waals surface area contributed by atoms with Crippen LogP contribution in [0.3, 0.4) is 0 Å². The maximum Gasteiger partial charge on any atom is 0.0229 e. The Balaban J connectivity index is 0.000000127. The highest BCUT2D eigenvalue weighted by molar-refractivity contribution is 8.78. The predicted octanol–water partition coefficient (Wildman–Crippen LogP) is 4.48. The fourth-order valence-corrected chi connectivity index (χ4v) is 3.07. The summed E-state index contributed by atoms with van der Waals surface area (Å²) >= 11 is 0. The number of hydrogen-bond acceptors (Lipinski definition) is 2. The minimum atomic E-state index is 1.04. The molecule has 0 aromatic rings. The van der Waals surface area contributed by atoms with E-state index in [4.69, 9.17) is 0 Å². The first-order valence-electron chi connectivity index (χ1n) is 4.83. The highest BCUT2D eigenvalue weighted by atomic mass is 33.1. The summed E-state index contributed by atoms with van der Waals surface area (Å²) in [5.41, 5.74) is 0. The van der Waals surface area contributed by atoms with Gasteiger partial charge in [0.1, 0.15) is 0 Å². The van der Waals surface area contributed by atoms with E-state index < -0.39 is 0 Å². The molecular formula is C10H18S2. The lowest BCUT2D eigenvalue weighted by Crippen LogP contribution is -1.99. The SMILES string of the molecule is C1=CSSC1.CC1CCCCC1. The smallest absolute Gasteiger partial charge is 0.0229 e. The Bertz CT molecular complexity index is 120. The lowest BCUT2D eigenvalue weighted by atomic mass is 9.91. The maximum atomic E-state index is 2.36. The number of hydrogen-bond donors (Lipinski definition) is 0. The largest absolute Gasteiger partial charge is 0.0854 e. The van der Waals surface area contributed by atoms with Crippen LogP contribution in [0.25, 0.3) is 0 Å². The van der Waals surface area contributed by atoms with Crippen LogP contribution >= 0.6 is 21.6 Å². The zero-order chi connectivity index (χ0) is 8.65. The summed E-state index contributed by atoms with van der Waals surface area (Å²) in [4.78, 5) is 0. The minimum Gasteiger partial charge on any atom is -0.0854 e. The minimum absolute atomic E-state index is 1.04. The Morgan fingerprint density at radius 1 is 1.17 bits per heavy atom. The molecule has 2 rings (SSSR count). The quantitative estimate of drug-likeness (QED) is 0.531. The lowest BCUT2D eigenvalue weighted by molar-refractivity contribution is 0.385. The summed E-state index contributed by atoms with van der Waals surface area (Å²) in [5.74, 6) is 2.23. The molecule has 1 heterocycles. The molecule has 0 aromatic heterocycles. The molecule has 0 aromatic carbocycles. The van der Waals surface area contributed by atoms with Crippen molar-refractivity contribution in [3.8, 4) is 0 Å². The van der Waals surface area contributed by atoms with Crippen molar-refractivity contribution in [1.82, 2.24) is 0 Å². The van der Waals surface area contributed by atoms with E-state index in [9.17, 15) is 0 Å². The van der Waals surface area contributed by atoms with Crippen molar-refractivity contribution in [2.24, 2.45) is 5.92 Å². The molecule has 0 radical (unpaired) electrons. The van der Waals surface area contributed by atoms with Gasteiger partial charge in [0.25, 0.3) is 0 Å². The van der Waals surface area contributed by atoms with Crippen LogP contribution in [0.1, 0.15) is 39.0 Å². The average molecular weight is 202 g/mol. The molecule has 12 heavy (non-hydrogen) atoms. The van der Waals surface area contributed by atoms with Gasteiger partial charge in [0, 0.05) is 5.75 Å². The summed E-state index contributed by atoms with van der Waals surface area (Å²) < 4.78 is 0. The van der Waals surface area contributed by atoms with E-state index in [1.165, 1.54) is 37.9 Å². The number of rotatable bonds is 0. The Morgan fingerprint density at radius 2 is 1.92 bits per heavy atom. The van der Waals surface area contributed by atoms with Crippen molar-refractivity contribution in [3.05, 3.63) is 11.5 Å². The van der Waals surface area contributed by atoms with Crippen LogP contribution in [0.15, 0.2) is 11.5 Å². The fourth-order valence-electron chi connectivity index (χ4n) is 1.50. The molecule has 0 bridgehead atoms. The summed E-state index contributed by atoms with van der Waals surface area (Å²) in [6, 6.07) is 0. The van der Waals surface area contributed by atoms with Crippen LogP contribution in [0.5, 0.6) is 0 Å². The molecule has 0 unspecified atom stereocenters. The van der Waals surface area contributed by atoms with Crippen molar-refractivity contribution in [1.29, 1.82) is 0 Å². The zero-order valence-electron chi connectivity index (χ0n) is 7.79. The van der Waals surface area contributed by atoms with Gasteiger partial charge in [-0.3, -0.25) is 0 Å². The third kappa shape index (κ3) is 5.15. The molecule has 0 atom stereocenters. The van der Waals surface area contributed by atoms with Gasteiger partial charge in [0.2, 0.25) is 0 Å². The first kappa shape index (κ1) is 10.5. The van der Waals surface area contributed by atoms with Crippen LogP contribution in [0.2, 0.25) is 0 Å². The highest BCUT2D eigenvalue weighted by Gasteiger charge is 2.05. The van der Waals surface area contributed by atoms with E-state index in [1.54, 1.807) is 0 Å². The standard InChI is InChI=1S/C7H14.C3H4S2/c1-7-5-3-2-4-6-7;1-2-4-5-3-1/h7H,2-6H2,1H3;1-2H,3H2. The molecule has 0 nitrogen and oxygen atoms in total. The Morgan fingerprint density at radius 3 is 2.17 bits per heavy atom. The first-order chi connectivity index (χ1) is 5.89. The predicted molar refractivity (Wildman–Crippen MR) is 61.4 cm³/mol. The Labute approximate surface area is 84.0 Å². The van der Waals surface area contributed by atoms with Crippen molar-refractivity contribution in [2.45, 2.75) is 39.0 Å². The van der Waals surface area contributed by atoms with Gasteiger partial charge in [-0.1, -0.05) is 66.7 Å². The second-order valence-electron chi connectivity index (χ2n) is 3.50. The topological polar surface area (TPSA) is 0 Å². The third-order valence-electron chi connectivity index (χ3n) is 2.28. The summed E-state index contributed by atoms with van der Waals surface area (Å²) in [6.45, 7) is 2.36. The summed E-state index contributed by atoms with van der Waals surface area (Å²) in [5, 5.41) is 2.12. The van der Waals surface area contributed by atoms with Gasteiger partial charge in [-0.2, -0.15) is 0 Å². The van der Waals surface area contributed by atoms with Gasteiger partial charge >= 0.3 is 0 Å².